The van der Waals surface area contributed by atoms with Crippen molar-refractivity contribution in [2.75, 3.05) is 17.2 Å². The molecule has 1 aromatic rings. The highest BCUT2D eigenvalue weighted by Gasteiger charge is 2.41. The first-order valence-corrected chi connectivity index (χ1v) is 9.37. The molecule has 2 rings (SSSR count). The monoisotopic (exact) mass is 339 g/mol. The molecule has 1 fully saturated rings. The van der Waals surface area contributed by atoms with Crippen LogP contribution in [0.25, 0.3) is 0 Å². The number of hydrogen-bond donors (Lipinski definition) is 2. The molecule has 1 aromatic heterocycles. The molecule has 7 nitrogen and oxygen atoms in total. The lowest BCUT2D eigenvalue weighted by Crippen LogP contribution is -2.46. The van der Waals surface area contributed by atoms with Gasteiger partial charge in [0.05, 0.1) is 16.5 Å². The molecule has 0 saturated carbocycles. The van der Waals surface area contributed by atoms with Crippen LogP contribution in [0.4, 0.5) is 5.82 Å². The van der Waals surface area contributed by atoms with Gasteiger partial charge in [-0.05, 0) is 19.4 Å². The number of nitrogens with two attached hydrogens (primary N) is 1. The lowest BCUT2D eigenvalue weighted by atomic mass is 10.0. The van der Waals surface area contributed by atoms with Crippen LogP contribution in [0.5, 0.6) is 0 Å². The van der Waals surface area contributed by atoms with Gasteiger partial charge in [-0.3, -0.25) is 0 Å². The predicted molar refractivity (Wildman–Crippen MR) is 75.7 cm³/mol. The van der Waals surface area contributed by atoms with Crippen LogP contribution in [0.15, 0.2) is 17.2 Å². The summed E-state index contributed by atoms with van der Waals surface area (Å²) in [4.78, 5) is 3.43. The second-order valence-corrected chi connectivity index (χ2v) is 9.32. The molecule has 1 aliphatic rings. The first-order valence-electron chi connectivity index (χ1n) is 5.68. The van der Waals surface area contributed by atoms with Gasteiger partial charge in [-0.15, -0.1) is 0 Å². The van der Waals surface area contributed by atoms with Crippen molar-refractivity contribution in [2.24, 2.45) is 0 Å². The highest BCUT2D eigenvalue weighted by atomic mass is 35.5. The molecule has 0 radical (unpaired) electrons. The van der Waals surface area contributed by atoms with Crippen LogP contribution in [-0.4, -0.2) is 38.9 Å². The number of nitrogens with one attached hydrogen (secondary N) is 1. The summed E-state index contributed by atoms with van der Waals surface area (Å²) in [5, 5.41) is 0.128. The molecular weight excluding hydrogens is 326 g/mol. The van der Waals surface area contributed by atoms with E-state index < -0.39 is 25.4 Å². The number of pyridine rings is 1. The topological polar surface area (TPSA) is 119 Å². The molecule has 0 aliphatic carbocycles. The van der Waals surface area contributed by atoms with E-state index in [-0.39, 0.29) is 33.7 Å². The summed E-state index contributed by atoms with van der Waals surface area (Å²) in [5.74, 6) is -0.478. The molecule has 3 N–H and O–H groups in total. The van der Waals surface area contributed by atoms with E-state index in [1.807, 2.05) is 0 Å². The Morgan fingerprint density at radius 2 is 2.15 bits per heavy atom. The molecule has 1 atom stereocenters. The Hall–Kier alpha value is -0.900. The van der Waals surface area contributed by atoms with E-state index >= 15 is 0 Å². The van der Waals surface area contributed by atoms with Crippen LogP contribution in [-0.2, 0) is 19.9 Å². The van der Waals surface area contributed by atoms with E-state index in [0.717, 1.165) is 0 Å². The number of anilines is 1. The molecule has 2 heterocycles. The zero-order valence-electron chi connectivity index (χ0n) is 10.6. The fourth-order valence-corrected chi connectivity index (χ4v) is 6.07. The van der Waals surface area contributed by atoms with Gasteiger partial charge in [0.15, 0.2) is 9.84 Å². The van der Waals surface area contributed by atoms with Gasteiger partial charge < -0.3 is 5.73 Å². The number of rotatable bonds is 3. The normalized spacial score (nSPS) is 25.7. The van der Waals surface area contributed by atoms with Gasteiger partial charge in [-0.1, -0.05) is 11.6 Å². The van der Waals surface area contributed by atoms with Crippen molar-refractivity contribution in [1.82, 2.24) is 9.71 Å². The van der Waals surface area contributed by atoms with Crippen LogP contribution in [0, 0.1) is 0 Å². The van der Waals surface area contributed by atoms with E-state index in [1.165, 1.54) is 12.3 Å². The van der Waals surface area contributed by atoms with Gasteiger partial charge in [0.2, 0.25) is 10.0 Å². The molecule has 1 saturated heterocycles. The molecule has 0 amide bonds. The average Bonchev–Trinajstić information content (AvgIpc) is 2.55. The van der Waals surface area contributed by atoms with Crippen molar-refractivity contribution in [2.45, 2.75) is 23.8 Å². The van der Waals surface area contributed by atoms with Gasteiger partial charge in [-0.25, -0.2) is 26.5 Å². The van der Waals surface area contributed by atoms with Crippen molar-refractivity contribution in [1.29, 1.82) is 0 Å². The summed E-state index contributed by atoms with van der Waals surface area (Å²) < 4.78 is 50.0. The third-order valence-corrected chi connectivity index (χ3v) is 6.80. The number of aromatic nitrogens is 1. The molecule has 10 heteroatoms. The highest BCUT2D eigenvalue weighted by molar-refractivity contribution is 7.92. The molecule has 1 unspecified atom stereocenters. The Labute approximate surface area is 122 Å². The smallest absolute Gasteiger partial charge is 0.244 e. The molecule has 20 heavy (non-hydrogen) atoms. The average molecular weight is 340 g/mol. The van der Waals surface area contributed by atoms with Crippen molar-refractivity contribution in [3.8, 4) is 0 Å². The minimum Gasteiger partial charge on any atom is -0.383 e. The summed E-state index contributed by atoms with van der Waals surface area (Å²) in [5.41, 5.74) is 4.49. The summed E-state index contributed by atoms with van der Waals surface area (Å²) in [7, 11) is -7.22. The zero-order valence-corrected chi connectivity index (χ0v) is 13.0. The summed E-state index contributed by atoms with van der Waals surface area (Å²) in [6.07, 6.45) is 1.44. The number of halogens is 1. The quantitative estimate of drug-likeness (QED) is 0.810. The van der Waals surface area contributed by atoms with Crippen LogP contribution in [0.1, 0.15) is 13.3 Å². The number of nitrogen functional groups attached to an aromatic ring is 1. The van der Waals surface area contributed by atoms with E-state index in [0.29, 0.717) is 0 Å². The Kier molecular flexibility index (Phi) is 3.74. The van der Waals surface area contributed by atoms with Gasteiger partial charge in [0.1, 0.15) is 10.7 Å². The van der Waals surface area contributed by atoms with Crippen LogP contribution in [0.2, 0.25) is 5.02 Å². The minimum atomic E-state index is -3.99. The van der Waals surface area contributed by atoms with Crippen LogP contribution >= 0.6 is 11.6 Å². The number of sulfonamides is 1. The largest absolute Gasteiger partial charge is 0.383 e. The fourth-order valence-electron chi connectivity index (χ4n) is 2.12. The predicted octanol–water partition coefficient (Wildman–Crippen LogP) is 0.173. The second-order valence-electron chi connectivity index (χ2n) is 5.05. The number of hydrogen-bond acceptors (Lipinski definition) is 6. The molecule has 0 bridgehead atoms. The van der Waals surface area contributed by atoms with E-state index in [4.69, 9.17) is 17.3 Å². The van der Waals surface area contributed by atoms with Crippen molar-refractivity contribution < 1.29 is 16.8 Å². The first kappa shape index (κ1) is 15.5. The summed E-state index contributed by atoms with van der Waals surface area (Å²) in [6.45, 7) is 1.54. The Morgan fingerprint density at radius 1 is 1.50 bits per heavy atom. The van der Waals surface area contributed by atoms with Crippen LogP contribution < -0.4 is 10.5 Å². The molecule has 0 aromatic carbocycles. The molecule has 112 valence electrons. The third kappa shape index (κ3) is 3.22. The molecule has 1 aliphatic heterocycles. The number of sulfone groups is 1. The Morgan fingerprint density at radius 3 is 2.70 bits per heavy atom. The maximum Gasteiger partial charge on any atom is 0.244 e. The highest BCUT2D eigenvalue weighted by Crippen LogP contribution is 2.27. The lowest BCUT2D eigenvalue weighted by molar-refractivity contribution is 0.462. The fraction of sp³-hybridized carbons (Fsp3) is 0.500. The van der Waals surface area contributed by atoms with E-state index in [9.17, 15) is 16.8 Å². The van der Waals surface area contributed by atoms with E-state index in [2.05, 4.69) is 9.71 Å². The molecular formula is C10H14ClN3O4S2. The Bertz CT molecular complexity index is 748. The van der Waals surface area contributed by atoms with Gasteiger partial charge in [-0.2, -0.15) is 0 Å². The van der Waals surface area contributed by atoms with Crippen molar-refractivity contribution in [3.63, 3.8) is 0 Å². The van der Waals surface area contributed by atoms with E-state index in [1.54, 1.807) is 6.92 Å². The second kappa shape index (κ2) is 4.83. The SMILES string of the molecule is CC1(NS(=O)(=O)c2cc(Cl)cnc2N)CCS(=O)(=O)C1. The van der Waals surface area contributed by atoms with Crippen LogP contribution in [0.3, 0.4) is 0 Å². The maximum atomic E-state index is 12.3. The lowest BCUT2D eigenvalue weighted by Gasteiger charge is -2.23. The van der Waals surface area contributed by atoms with Crippen molar-refractivity contribution in [3.05, 3.63) is 17.3 Å². The maximum absolute atomic E-state index is 12.3. The van der Waals surface area contributed by atoms with Gasteiger partial charge >= 0.3 is 0 Å². The summed E-state index contributed by atoms with van der Waals surface area (Å²) >= 11 is 5.71. The number of nitrogens with zero attached hydrogens (tertiary/aromatic N) is 1. The summed E-state index contributed by atoms with van der Waals surface area (Å²) in [6, 6.07) is 1.18. The molecule has 0 spiro atoms. The zero-order chi connectivity index (χ0) is 15.2. The Balaban J connectivity index is 2.35. The third-order valence-electron chi connectivity index (χ3n) is 3.02. The first-order chi connectivity index (χ1) is 9.03. The van der Waals surface area contributed by atoms with Gasteiger partial charge in [0, 0.05) is 11.7 Å². The van der Waals surface area contributed by atoms with Crippen molar-refractivity contribution >= 4 is 37.3 Å². The van der Waals surface area contributed by atoms with Gasteiger partial charge in [0.25, 0.3) is 0 Å². The standard InChI is InChI=1S/C10H14ClN3O4S2/c1-10(2-3-19(15,16)6-10)14-20(17,18)8-4-7(11)5-13-9(8)12/h4-5,14H,2-3,6H2,1H3,(H2,12,13). The minimum absolute atomic E-state index is 0.0463.